The monoisotopic (exact) mass is 365 g/mol. The van der Waals surface area contributed by atoms with Crippen molar-refractivity contribution < 1.29 is 0 Å². The molecule has 0 unspecified atom stereocenters. The average molecular weight is 366 g/mol. The summed E-state index contributed by atoms with van der Waals surface area (Å²) in [6.07, 6.45) is 0. The lowest BCUT2D eigenvalue weighted by Crippen LogP contribution is -2.18. The molecule has 2 aromatic heterocycles. The fourth-order valence-electron chi connectivity index (χ4n) is 2.99. The van der Waals surface area contributed by atoms with E-state index in [2.05, 4.69) is 51.4 Å². The summed E-state index contributed by atoms with van der Waals surface area (Å²) in [6.45, 7) is 2.90. The van der Waals surface area contributed by atoms with Crippen molar-refractivity contribution in [3.63, 3.8) is 0 Å². The van der Waals surface area contributed by atoms with E-state index in [9.17, 15) is 0 Å². The molecule has 4 aromatic rings. The van der Waals surface area contributed by atoms with Gasteiger partial charge in [0.2, 0.25) is 5.28 Å². The third-order valence-corrected chi connectivity index (χ3v) is 5.15. The lowest BCUT2D eigenvalue weighted by Gasteiger charge is -2.23. The molecular weight excluding hydrogens is 350 g/mol. The van der Waals surface area contributed by atoms with Crippen LogP contribution < -0.4 is 4.90 Å². The number of hydrogen-bond donors (Lipinski definition) is 0. The minimum Gasteiger partial charge on any atom is -0.326 e. The minimum absolute atomic E-state index is 0.276. The van der Waals surface area contributed by atoms with Gasteiger partial charge in [-0.1, -0.05) is 48.5 Å². The summed E-state index contributed by atoms with van der Waals surface area (Å²) in [5, 5.41) is 3.46. The molecular formula is C20H16ClN3S. The van der Waals surface area contributed by atoms with E-state index in [0.29, 0.717) is 0 Å². The number of nitrogens with zero attached hydrogens (tertiary/aromatic N) is 3. The summed E-state index contributed by atoms with van der Waals surface area (Å²) >= 11 is 7.82. The Bertz CT molecular complexity index is 1000. The second-order valence-electron chi connectivity index (χ2n) is 5.59. The number of thiophene rings is 1. The van der Waals surface area contributed by atoms with E-state index in [1.165, 1.54) is 0 Å². The Morgan fingerprint density at radius 3 is 2.32 bits per heavy atom. The van der Waals surface area contributed by atoms with Gasteiger partial charge in [0.05, 0.1) is 5.39 Å². The smallest absolute Gasteiger partial charge is 0.225 e. The lowest BCUT2D eigenvalue weighted by atomic mass is 10.1. The molecule has 0 aliphatic carbocycles. The number of aromatic nitrogens is 2. The highest BCUT2D eigenvalue weighted by Crippen LogP contribution is 2.40. The summed E-state index contributed by atoms with van der Waals surface area (Å²) in [4.78, 5) is 12.1. The third kappa shape index (κ3) is 2.99. The SMILES string of the molecule is CCN(c1ccccc1)c1nc(Cl)nc2scc(-c3ccccc3)c12. The van der Waals surface area contributed by atoms with E-state index in [1.807, 2.05) is 36.4 Å². The first-order chi connectivity index (χ1) is 12.3. The molecule has 0 spiro atoms. The van der Waals surface area contributed by atoms with Crippen LogP contribution in [0.1, 0.15) is 6.92 Å². The summed E-state index contributed by atoms with van der Waals surface area (Å²) in [6, 6.07) is 20.6. The summed E-state index contributed by atoms with van der Waals surface area (Å²) in [5.74, 6) is 0.851. The Kier molecular flexibility index (Phi) is 4.38. The Hall–Kier alpha value is -2.43. The number of rotatable bonds is 4. The van der Waals surface area contributed by atoms with E-state index >= 15 is 0 Å². The summed E-state index contributed by atoms with van der Waals surface area (Å²) in [7, 11) is 0. The van der Waals surface area contributed by atoms with Crippen molar-refractivity contribution in [3.8, 4) is 11.1 Å². The fraction of sp³-hybridized carbons (Fsp3) is 0.100. The average Bonchev–Trinajstić information content (AvgIpc) is 3.07. The van der Waals surface area contributed by atoms with Crippen LogP contribution in [0.5, 0.6) is 0 Å². The molecule has 0 saturated heterocycles. The minimum atomic E-state index is 0.276. The van der Waals surface area contributed by atoms with Crippen molar-refractivity contribution in [1.82, 2.24) is 9.97 Å². The molecule has 2 heterocycles. The topological polar surface area (TPSA) is 29.0 Å². The first-order valence-corrected chi connectivity index (χ1v) is 9.36. The number of fused-ring (bicyclic) bond motifs is 1. The fourth-order valence-corrected chi connectivity index (χ4v) is 4.14. The number of halogens is 1. The van der Waals surface area contributed by atoms with Gasteiger partial charge in [0.25, 0.3) is 0 Å². The molecule has 0 bridgehead atoms. The maximum Gasteiger partial charge on any atom is 0.225 e. The van der Waals surface area contributed by atoms with Crippen LogP contribution >= 0.6 is 22.9 Å². The molecule has 4 rings (SSSR count). The van der Waals surface area contributed by atoms with Crippen LogP contribution in [-0.2, 0) is 0 Å². The van der Waals surface area contributed by atoms with Gasteiger partial charge in [-0.05, 0) is 36.2 Å². The maximum absolute atomic E-state index is 6.23. The van der Waals surface area contributed by atoms with Gasteiger partial charge in [0.15, 0.2) is 0 Å². The zero-order valence-corrected chi connectivity index (χ0v) is 15.3. The maximum atomic E-state index is 6.23. The van der Waals surface area contributed by atoms with Crippen LogP contribution in [0.4, 0.5) is 11.5 Å². The lowest BCUT2D eigenvalue weighted by molar-refractivity contribution is 0.991. The van der Waals surface area contributed by atoms with E-state index in [4.69, 9.17) is 11.6 Å². The molecule has 3 nitrogen and oxygen atoms in total. The molecule has 0 aliphatic heterocycles. The molecule has 25 heavy (non-hydrogen) atoms. The van der Waals surface area contributed by atoms with Gasteiger partial charge in [-0.3, -0.25) is 0 Å². The third-order valence-electron chi connectivity index (χ3n) is 4.11. The zero-order valence-electron chi connectivity index (χ0n) is 13.7. The van der Waals surface area contributed by atoms with Crippen LogP contribution in [0.2, 0.25) is 5.28 Å². The molecule has 2 aromatic carbocycles. The Balaban J connectivity index is 1.98. The van der Waals surface area contributed by atoms with Gasteiger partial charge < -0.3 is 4.90 Å². The Morgan fingerprint density at radius 2 is 1.64 bits per heavy atom. The van der Waals surface area contributed by atoms with Gasteiger partial charge in [0.1, 0.15) is 10.6 Å². The van der Waals surface area contributed by atoms with Crippen LogP contribution in [0.3, 0.4) is 0 Å². The van der Waals surface area contributed by atoms with E-state index in [-0.39, 0.29) is 5.28 Å². The number of hydrogen-bond acceptors (Lipinski definition) is 4. The molecule has 0 N–H and O–H groups in total. The predicted octanol–water partition coefficient (Wildman–Crippen LogP) is 6.17. The molecule has 0 aliphatic rings. The first kappa shape index (κ1) is 16.1. The van der Waals surface area contributed by atoms with Crippen molar-refractivity contribution in [2.45, 2.75) is 6.92 Å². The van der Waals surface area contributed by atoms with Crippen molar-refractivity contribution >= 4 is 44.7 Å². The zero-order chi connectivity index (χ0) is 17.2. The largest absolute Gasteiger partial charge is 0.326 e. The van der Waals surface area contributed by atoms with E-state index in [0.717, 1.165) is 39.4 Å². The second-order valence-corrected chi connectivity index (χ2v) is 6.79. The molecule has 5 heteroatoms. The van der Waals surface area contributed by atoms with Crippen LogP contribution in [0.15, 0.2) is 66.0 Å². The molecule has 0 radical (unpaired) electrons. The number of benzene rings is 2. The normalized spacial score (nSPS) is 11.0. The van der Waals surface area contributed by atoms with Crippen LogP contribution in [-0.4, -0.2) is 16.5 Å². The molecule has 0 amide bonds. The second kappa shape index (κ2) is 6.82. The van der Waals surface area contributed by atoms with Crippen molar-refractivity contribution in [3.05, 3.63) is 71.3 Å². The molecule has 0 saturated carbocycles. The predicted molar refractivity (Wildman–Crippen MR) is 107 cm³/mol. The van der Waals surface area contributed by atoms with Crippen LogP contribution in [0.25, 0.3) is 21.3 Å². The highest BCUT2D eigenvalue weighted by molar-refractivity contribution is 7.17. The van der Waals surface area contributed by atoms with Crippen molar-refractivity contribution in [1.29, 1.82) is 0 Å². The van der Waals surface area contributed by atoms with Crippen molar-refractivity contribution in [2.75, 3.05) is 11.4 Å². The highest BCUT2D eigenvalue weighted by atomic mass is 35.5. The number of anilines is 2. The highest BCUT2D eigenvalue weighted by Gasteiger charge is 2.19. The Morgan fingerprint density at radius 1 is 0.960 bits per heavy atom. The van der Waals surface area contributed by atoms with Gasteiger partial charge in [-0.25, -0.2) is 4.98 Å². The summed E-state index contributed by atoms with van der Waals surface area (Å²) < 4.78 is 0. The quantitative estimate of drug-likeness (QED) is 0.405. The molecule has 0 atom stereocenters. The number of para-hydroxylation sites is 1. The first-order valence-electron chi connectivity index (χ1n) is 8.10. The standard InChI is InChI=1S/C20H16ClN3S/c1-2-24(15-11-7-4-8-12-15)18-17-16(14-9-5-3-6-10-14)13-25-19(17)23-20(21)22-18/h3-13H,2H2,1H3. The van der Waals surface area contributed by atoms with Gasteiger partial charge in [-0.2, -0.15) is 4.98 Å². The summed E-state index contributed by atoms with van der Waals surface area (Å²) in [5.41, 5.74) is 3.39. The molecule has 124 valence electrons. The van der Waals surface area contributed by atoms with Crippen molar-refractivity contribution in [2.24, 2.45) is 0 Å². The van der Waals surface area contributed by atoms with Gasteiger partial charge in [-0.15, -0.1) is 11.3 Å². The van der Waals surface area contributed by atoms with E-state index in [1.54, 1.807) is 11.3 Å². The van der Waals surface area contributed by atoms with Gasteiger partial charge >= 0.3 is 0 Å². The Labute approximate surface area is 155 Å². The van der Waals surface area contributed by atoms with Gasteiger partial charge in [0, 0.05) is 23.2 Å². The molecule has 0 fully saturated rings. The van der Waals surface area contributed by atoms with E-state index < -0.39 is 0 Å². The van der Waals surface area contributed by atoms with Crippen LogP contribution in [0, 0.1) is 0 Å².